The van der Waals surface area contributed by atoms with Crippen LogP contribution in [0.1, 0.15) is 22.9 Å². The van der Waals surface area contributed by atoms with Gasteiger partial charge in [-0.05, 0) is 31.7 Å². The molecule has 0 bridgehead atoms. The first-order chi connectivity index (χ1) is 9.11. The third-order valence-corrected chi connectivity index (χ3v) is 3.20. The van der Waals surface area contributed by atoms with Gasteiger partial charge in [0.15, 0.2) is 0 Å². The van der Waals surface area contributed by atoms with Gasteiger partial charge in [0.25, 0.3) is 0 Å². The molecular formula is C15H16F2N2. The predicted octanol–water partition coefficient (Wildman–Crippen LogP) is 3.17. The summed E-state index contributed by atoms with van der Waals surface area (Å²) in [6, 6.07) is 7.26. The summed E-state index contributed by atoms with van der Waals surface area (Å²) in [5, 5.41) is 3.05. The van der Waals surface area contributed by atoms with Crippen molar-refractivity contribution in [2.75, 3.05) is 7.05 Å². The van der Waals surface area contributed by atoms with E-state index in [4.69, 9.17) is 0 Å². The molecule has 100 valence electrons. The van der Waals surface area contributed by atoms with E-state index in [1.54, 1.807) is 13.2 Å². The average molecular weight is 262 g/mol. The summed E-state index contributed by atoms with van der Waals surface area (Å²) < 4.78 is 26.7. The molecule has 0 saturated carbocycles. The molecule has 2 rings (SSSR count). The lowest BCUT2D eigenvalue weighted by Crippen LogP contribution is -2.21. The van der Waals surface area contributed by atoms with Gasteiger partial charge in [0.1, 0.15) is 11.6 Å². The zero-order valence-corrected chi connectivity index (χ0v) is 11.0. The fraction of sp³-hybridized carbons (Fsp3) is 0.267. The van der Waals surface area contributed by atoms with Crippen molar-refractivity contribution in [1.29, 1.82) is 0 Å². The van der Waals surface area contributed by atoms with Crippen LogP contribution in [0.4, 0.5) is 8.78 Å². The highest BCUT2D eigenvalue weighted by Gasteiger charge is 2.16. The Hall–Kier alpha value is -1.81. The fourth-order valence-corrected chi connectivity index (χ4v) is 2.08. The Balaban J connectivity index is 2.28. The maximum atomic E-state index is 13.8. The number of aryl methyl sites for hydroxylation is 1. The van der Waals surface area contributed by atoms with Gasteiger partial charge in [0.2, 0.25) is 0 Å². The van der Waals surface area contributed by atoms with E-state index >= 15 is 0 Å². The maximum absolute atomic E-state index is 13.8. The lowest BCUT2D eigenvalue weighted by Gasteiger charge is -2.18. The molecule has 4 heteroatoms. The molecule has 2 nitrogen and oxygen atoms in total. The number of benzene rings is 1. The minimum absolute atomic E-state index is 0.228. The van der Waals surface area contributed by atoms with Crippen molar-refractivity contribution in [2.45, 2.75) is 19.4 Å². The smallest absolute Gasteiger partial charge is 0.130 e. The van der Waals surface area contributed by atoms with Crippen LogP contribution in [0.3, 0.4) is 0 Å². The van der Waals surface area contributed by atoms with Crippen LogP contribution < -0.4 is 5.32 Å². The zero-order valence-electron chi connectivity index (χ0n) is 11.0. The highest BCUT2D eigenvalue weighted by atomic mass is 19.1. The van der Waals surface area contributed by atoms with Gasteiger partial charge in [-0.1, -0.05) is 12.1 Å². The number of nitrogens with one attached hydrogen (secondary N) is 1. The molecule has 1 heterocycles. The molecular weight excluding hydrogens is 246 g/mol. The van der Waals surface area contributed by atoms with Crippen LogP contribution in [0.15, 0.2) is 36.5 Å². The lowest BCUT2D eigenvalue weighted by molar-refractivity contribution is 0.518. The van der Waals surface area contributed by atoms with E-state index in [-0.39, 0.29) is 6.04 Å². The van der Waals surface area contributed by atoms with Crippen LogP contribution in [0.2, 0.25) is 0 Å². The molecule has 1 unspecified atom stereocenters. The molecule has 1 aromatic carbocycles. The molecule has 2 aromatic rings. The number of aromatic nitrogens is 1. The van der Waals surface area contributed by atoms with Crippen LogP contribution in [-0.4, -0.2) is 12.0 Å². The van der Waals surface area contributed by atoms with E-state index in [1.165, 1.54) is 12.1 Å². The second kappa shape index (κ2) is 5.89. The van der Waals surface area contributed by atoms with Crippen LogP contribution in [-0.2, 0) is 6.42 Å². The molecule has 0 amide bonds. The van der Waals surface area contributed by atoms with E-state index in [9.17, 15) is 8.78 Å². The Morgan fingerprint density at radius 3 is 2.68 bits per heavy atom. The summed E-state index contributed by atoms with van der Waals surface area (Å²) in [4.78, 5) is 4.30. The molecule has 19 heavy (non-hydrogen) atoms. The van der Waals surface area contributed by atoms with Crippen molar-refractivity contribution in [3.8, 4) is 0 Å². The summed E-state index contributed by atoms with van der Waals surface area (Å²) in [5.74, 6) is -1.10. The Kier molecular flexibility index (Phi) is 4.22. The highest BCUT2D eigenvalue weighted by Crippen LogP contribution is 2.22. The first-order valence-electron chi connectivity index (χ1n) is 6.14. The summed E-state index contributed by atoms with van der Waals surface area (Å²) in [7, 11) is 1.76. The van der Waals surface area contributed by atoms with Gasteiger partial charge in [-0.2, -0.15) is 0 Å². The van der Waals surface area contributed by atoms with E-state index < -0.39 is 11.6 Å². The van der Waals surface area contributed by atoms with E-state index in [2.05, 4.69) is 10.3 Å². The van der Waals surface area contributed by atoms with Gasteiger partial charge in [-0.3, -0.25) is 4.98 Å². The lowest BCUT2D eigenvalue weighted by atomic mass is 9.99. The monoisotopic (exact) mass is 262 g/mol. The van der Waals surface area contributed by atoms with Crippen molar-refractivity contribution in [3.05, 3.63) is 65.0 Å². The van der Waals surface area contributed by atoms with Gasteiger partial charge in [0, 0.05) is 36.0 Å². The predicted molar refractivity (Wildman–Crippen MR) is 70.8 cm³/mol. The second-order valence-corrected chi connectivity index (χ2v) is 4.48. The standard InChI is InChI=1S/C15H16F2N2/c1-10-4-3-7-19-14(10)9-15(18-2)12-6-5-11(16)8-13(12)17/h3-8,15,18H,9H2,1-2H3. The number of hydrogen-bond acceptors (Lipinski definition) is 2. The van der Waals surface area contributed by atoms with E-state index in [0.717, 1.165) is 17.3 Å². The normalized spacial score (nSPS) is 12.4. The first-order valence-corrected chi connectivity index (χ1v) is 6.14. The molecule has 1 N–H and O–H groups in total. The molecule has 0 radical (unpaired) electrons. The van der Waals surface area contributed by atoms with Crippen molar-refractivity contribution in [1.82, 2.24) is 10.3 Å². The van der Waals surface area contributed by atoms with Crippen LogP contribution in [0, 0.1) is 18.6 Å². The Bertz CT molecular complexity index is 570. The van der Waals surface area contributed by atoms with Crippen molar-refractivity contribution in [3.63, 3.8) is 0 Å². The van der Waals surface area contributed by atoms with Gasteiger partial charge >= 0.3 is 0 Å². The van der Waals surface area contributed by atoms with Crippen molar-refractivity contribution < 1.29 is 8.78 Å². The summed E-state index contributed by atoms with van der Waals surface area (Å²) in [5.41, 5.74) is 2.42. The summed E-state index contributed by atoms with van der Waals surface area (Å²) in [6.07, 6.45) is 2.28. The van der Waals surface area contributed by atoms with Gasteiger partial charge in [-0.15, -0.1) is 0 Å². The molecule has 1 atom stereocenters. The third-order valence-electron chi connectivity index (χ3n) is 3.20. The fourth-order valence-electron chi connectivity index (χ4n) is 2.08. The van der Waals surface area contributed by atoms with Gasteiger partial charge in [-0.25, -0.2) is 8.78 Å². The number of halogens is 2. The van der Waals surface area contributed by atoms with E-state index in [0.29, 0.717) is 12.0 Å². The Labute approximate surface area is 111 Å². The molecule has 0 spiro atoms. The number of rotatable bonds is 4. The van der Waals surface area contributed by atoms with E-state index in [1.807, 2.05) is 19.1 Å². The quantitative estimate of drug-likeness (QED) is 0.915. The largest absolute Gasteiger partial charge is 0.313 e. The molecule has 1 aromatic heterocycles. The van der Waals surface area contributed by atoms with Crippen molar-refractivity contribution in [2.24, 2.45) is 0 Å². The maximum Gasteiger partial charge on any atom is 0.130 e. The summed E-state index contributed by atoms with van der Waals surface area (Å²) >= 11 is 0. The summed E-state index contributed by atoms with van der Waals surface area (Å²) in [6.45, 7) is 1.97. The minimum atomic E-state index is -0.565. The molecule has 0 aliphatic carbocycles. The number of nitrogens with zero attached hydrogens (tertiary/aromatic N) is 1. The first kappa shape index (κ1) is 13.6. The number of hydrogen-bond donors (Lipinski definition) is 1. The number of likely N-dealkylation sites (N-methyl/N-ethyl adjacent to an activating group) is 1. The topological polar surface area (TPSA) is 24.9 Å². The molecule has 0 saturated heterocycles. The van der Waals surface area contributed by atoms with Gasteiger partial charge < -0.3 is 5.32 Å². The zero-order chi connectivity index (χ0) is 13.8. The second-order valence-electron chi connectivity index (χ2n) is 4.48. The van der Waals surface area contributed by atoms with Crippen molar-refractivity contribution >= 4 is 0 Å². The van der Waals surface area contributed by atoms with Crippen LogP contribution >= 0.6 is 0 Å². The Morgan fingerprint density at radius 1 is 1.26 bits per heavy atom. The molecule has 0 fully saturated rings. The van der Waals surface area contributed by atoms with Crippen LogP contribution in [0.25, 0.3) is 0 Å². The average Bonchev–Trinajstić information content (AvgIpc) is 2.39. The Morgan fingerprint density at radius 2 is 2.05 bits per heavy atom. The molecule has 0 aliphatic rings. The third kappa shape index (κ3) is 3.15. The SMILES string of the molecule is CNC(Cc1ncccc1C)c1ccc(F)cc1F. The number of pyridine rings is 1. The molecule has 0 aliphatic heterocycles. The van der Waals surface area contributed by atoms with Crippen LogP contribution in [0.5, 0.6) is 0 Å². The van der Waals surface area contributed by atoms with Gasteiger partial charge in [0.05, 0.1) is 0 Å². The highest BCUT2D eigenvalue weighted by molar-refractivity contribution is 5.26. The minimum Gasteiger partial charge on any atom is -0.313 e.